The predicted octanol–water partition coefficient (Wildman–Crippen LogP) is 4.18. The average molecular weight is 485 g/mol. The Kier molecular flexibility index (Phi) is 7.87. The van der Waals surface area contributed by atoms with Crippen LogP contribution in [-0.2, 0) is 14.3 Å². The Balaban J connectivity index is 1.58. The second-order valence-corrected chi connectivity index (χ2v) is 10.4. The maximum absolute atomic E-state index is 13.3. The number of thiocarbonyl (C=S) groups is 1. The second-order valence-electron chi connectivity index (χ2n) is 10.1. The lowest BCUT2D eigenvalue weighted by atomic mass is 9.81. The van der Waals surface area contributed by atoms with Crippen molar-refractivity contribution in [3.8, 4) is 6.07 Å². The van der Waals surface area contributed by atoms with Gasteiger partial charge in [-0.2, -0.15) is 5.26 Å². The zero-order chi connectivity index (χ0) is 25.1. The maximum Gasteiger partial charge on any atom is 0.258 e. The van der Waals surface area contributed by atoms with Gasteiger partial charge in [-0.25, -0.2) is 0 Å². The number of amides is 2. The first-order valence-electron chi connectivity index (χ1n) is 12.1. The molecule has 2 amide bonds. The van der Waals surface area contributed by atoms with Crippen molar-refractivity contribution < 1.29 is 14.3 Å². The molecule has 1 heterocycles. The maximum atomic E-state index is 13.3. The average Bonchev–Trinajstić information content (AvgIpc) is 2.95. The molecular weight excluding hydrogens is 448 g/mol. The number of nitrogens with one attached hydrogen (secondary N) is 1. The van der Waals surface area contributed by atoms with E-state index in [0.717, 1.165) is 24.3 Å². The first-order valence-corrected chi connectivity index (χ1v) is 12.5. The van der Waals surface area contributed by atoms with Gasteiger partial charge in [-0.1, -0.05) is 19.1 Å². The van der Waals surface area contributed by atoms with Gasteiger partial charge in [0.2, 0.25) is 5.91 Å². The highest BCUT2D eigenvalue weighted by atomic mass is 32.1. The summed E-state index contributed by atoms with van der Waals surface area (Å²) in [5.41, 5.74) is -0.179. The van der Waals surface area contributed by atoms with Crippen LogP contribution in [0.2, 0.25) is 0 Å². The zero-order valence-electron chi connectivity index (χ0n) is 20.9. The normalized spacial score (nSPS) is 28.4. The number of hydrogen-bond acceptors (Lipinski definition) is 5. The molecule has 34 heavy (non-hydrogen) atoms. The summed E-state index contributed by atoms with van der Waals surface area (Å²) in [5, 5.41) is 12.9. The van der Waals surface area contributed by atoms with Gasteiger partial charge in [0, 0.05) is 19.2 Å². The van der Waals surface area contributed by atoms with E-state index in [1.807, 2.05) is 43.9 Å². The van der Waals surface area contributed by atoms with Gasteiger partial charge in [-0.15, -0.1) is 0 Å². The van der Waals surface area contributed by atoms with Crippen molar-refractivity contribution in [1.82, 2.24) is 15.1 Å². The van der Waals surface area contributed by atoms with Crippen LogP contribution >= 0.6 is 12.2 Å². The third-order valence-corrected chi connectivity index (χ3v) is 7.38. The summed E-state index contributed by atoms with van der Waals surface area (Å²) in [7, 11) is 0. The molecular formula is C26H36N4O3S. The first kappa shape index (κ1) is 26.0. The summed E-state index contributed by atoms with van der Waals surface area (Å²) in [6, 6.07) is 2.40. The summed E-state index contributed by atoms with van der Waals surface area (Å²) in [6.45, 7) is 10.5. The Morgan fingerprint density at radius 1 is 1.38 bits per heavy atom. The zero-order valence-corrected chi connectivity index (χ0v) is 21.7. The third-order valence-electron chi connectivity index (χ3n) is 6.98. The lowest BCUT2D eigenvalue weighted by Crippen LogP contribution is -2.44. The van der Waals surface area contributed by atoms with E-state index in [-0.39, 0.29) is 29.2 Å². The fraction of sp³-hybridized carbons (Fsp3) is 0.615. The van der Waals surface area contributed by atoms with Crippen LogP contribution in [0.15, 0.2) is 35.8 Å². The highest BCUT2D eigenvalue weighted by molar-refractivity contribution is 7.80. The van der Waals surface area contributed by atoms with E-state index >= 15 is 0 Å². The number of ether oxygens (including phenoxy) is 1. The highest BCUT2D eigenvalue weighted by Crippen LogP contribution is 2.37. The molecule has 184 valence electrons. The fourth-order valence-corrected chi connectivity index (χ4v) is 5.43. The molecule has 3 aliphatic rings. The number of rotatable bonds is 8. The van der Waals surface area contributed by atoms with Crippen molar-refractivity contribution in [3.05, 3.63) is 35.8 Å². The van der Waals surface area contributed by atoms with Crippen LogP contribution in [0.4, 0.5) is 0 Å². The van der Waals surface area contributed by atoms with E-state index in [9.17, 15) is 14.9 Å². The number of allylic oxidation sites excluding steroid dienone is 3. The van der Waals surface area contributed by atoms with Crippen molar-refractivity contribution in [2.45, 2.75) is 77.8 Å². The van der Waals surface area contributed by atoms with Gasteiger partial charge in [0.15, 0.2) is 5.11 Å². The van der Waals surface area contributed by atoms with Gasteiger partial charge < -0.3 is 15.0 Å². The van der Waals surface area contributed by atoms with Crippen molar-refractivity contribution in [2.75, 3.05) is 13.2 Å². The van der Waals surface area contributed by atoms with E-state index in [1.54, 1.807) is 4.90 Å². The number of hydrogen-bond donors (Lipinski definition) is 1. The molecule has 1 saturated heterocycles. The van der Waals surface area contributed by atoms with E-state index in [1.165, 1.54) is 6.92 Å². The Morgan fingerprint density at radius 2 is 2.12 bits per heavy atom. The van der Waals surface area contributed by atoms with Gasteiger partial charge in [-0.05, 0) is 83.2 Å². The van der Waals surface area contributed by atoms with Gasteiger partial charge in [0.05, 0.1) is 24.1 Å². The molecule has 0 radical (unpaired) electrons. The molecule has 3 unspecified atom stereocenters. The van der Waals surface area contributed by atoms with Crippen LogP contribution < -0.4 is 5.32 Å². The van der Waals surface area contributed by atoms with Crippen LogP contribution in [-0.4, -0.2) is 51.0 Å². The van der Waals surface area contributed by atoms with Crippen LogP contribution in [0.25, 0.3) is 0 Å². The molecule has 0 saturated carbocycles. The van der Waals surface area contributed by atoms with Crippen molar-refractivity contribution >= 4 is 29.1 Å². The summed E-state index contributed by atoms with van der Waals surface area (Å²) in [5.74, 6) is 0.871. The molecule has 1 N–H and O–H groups in total. The number of carbonyl (C=O) groups is 2. The van der Waals surface area contributed by atoms with Gasteiger partial charge >= 0.3 is 0 Å². The molecule has 0 aromatic rings. The molecule has 2 aliphatic carbocycles. The van der Waals surface area contributed by atoms with E-state index in [2.05, 4.69) is 24.4 Å². The third kappa shape index (κ3) is 5.35. The lowest BCUT2D eigenvalue weighted by molar-refractivity contribution is -0.130. The number of carbonyl (C=O) groups excluding carboxylic acids is 2. The van der Waals surface area contributed by atoms with Gasteiger partial charge in [0.25, 0.3) is 5.91 Å². The van der Waals surface area contributed by atoms with Crippen molar-refractivity contribution in [1.29, 1.82) is 5.26 Å². The molecule has 0 aromatic heterocycles. The van der Waals surface area contributed by atoms with E-state index < -0.39 is 5.54 Å². The summed E-state index contributed by atoms with van der Waals surface area (Å²) in [6.07, 6.45) is 11.6. The molecule has 1 aliphatic heterocycles. The van der Waals surface area contributed by atoms with Gasteiger partial charge in [-0.3, -0.25) is 14.5 Å². The molecule has 3 atom stereocenters. The van der Waals surface area contributed by atoms with E-state index in [0.29, 0.717) is 37.5 Å². The quantitative estimate of drug-likeness (QED) is 0.411. The summed E-state index contributed by atoms with van der Waals surface area (Å²) in [4.78, 5) is 28.4. The summed E-state index contributed by atoms with van der Waals surface area (Å²) >= 11 is 5.76. The van der Waals surface area contributed by atoms with Crippen molar-refractivity contribution in [2.24, 2.45) is 11.8 Å². The minimum atomic E-state index is -0.726. The molecule has 3 rings (SSSR count). The minimum Gasteiger partial charge on any atom is -0.494 e. The SMILES string of the molecule is CCC1C=C(N2C(=O)C(C)(C)N(CCCOC3=CCC(C)(NC(C)=O)C=C3)C2=S)CCC1C#N. The highest BCUT2D eigenvalue weighted by Gasteiger charge is 2.50. The molecule has 0 bridgehead atoms. The molecule has 0 spiro atoms. The first-order chi connectivity index (χ1) is 16.0. The lowest BCUT2D eigenvalue weighted by Gasteiger charge is -2.30. The van der Waals surface area contributed by atoms with Crippen LogP contribution in [0.1, 0.15) is 66.7 Å². The monoisotopic (exact) mass is 484 g/mol. The largest absolute Gasteiger partial charge is 0.494 e. The summed E-state index contributed by atoms with van der Waals surface area (Å²) < 4.78 is 5.92. The Hall–Kier alpha value is -2.66. The van der Waals surface area contributed by atoms with Crippen LogP contribution in [0.5, 0.6) is 0 Å². The van der Waals surface area contributed by atoms with Crippen LogP contribution in [0.3, 0.4) is 0 Å². The second kappa shape index (κ2) is 10.3. The Morgan fingerprint density at radius 3 is 2.71 bits per heavy atom. The van der Waals surface area contributed by atoms with Crippen LogP contribution in [0, 0.1) is 23.2 Å². The smallest absolute Gasteiger partial charge is 0.258 e. The van der Waals surface area contributed by atoms with Crippen molar-refractivity contribution in [3.63, 3.8) is 0 Å². The predicted molar refractivity (Wildman–Crippen MR) is 135 cm³/mol. The Bertz CT molecular complexity index is 977. The van der Waals surface area contributed by atoms with E-state index in [4.69, 9.17) is 17.0 Å². The molecule has 8 heteroatoms. The molecule has 1 fully saturated rings. The fourth-order valence-electron chi connectivity index (χ4n) is 4.91. The standard InChI is InChI=1S/C26H36N4O3S/c1-6-19-16-21(9-8-20(19)17-27)30-23(32)25(3,4)29(24(30)34)14-7-15-33-22-10-12-26(5,13-11-22)28-18(2)31/h10-12,16,19-20H,6-9,13-15H2,1-5H3,(H,28,31). The molecule has 7 nitrogen and oxygen atoms in total. The van der Waals surface area contributed by atoms with Gasteiger partial charge in [0.1, 0.15) is 11.3 Å². The number of nitrogens with zero attached hydrogens (tertiary/aromatic N) is 3. The number of nitriles is 1. The minimum absolute atomic E-state index is 0.000499. The molecule has 0 aromatic carbocycles. The Labute approximate surface area is 208 Å². The topological polar surface area (TPSA) is 85.7 Å².